The van der Waals surface area contributed by atoms with Crippen LogP contribution in [0.4, 0.5) is 0 Å². The summed E-state index contributed by atoms with van der Waals surface area (Å²) in [6.45, 7) is 4.48. The van der Waals surface area contributed by atoms with Crippen LogP contribution in [0.5, 0.6) is 0 Å². The molecule has 86 valence electrons. The maximum Gasteiger partial charge on any atom is 0.0236 e. The van der Waals surface area contributed by atoms with Gasteiger partial charge in [-0.1, -0.05) is 26.3 Å². The second-order valence-electron chi connectivity index (χ2n) is 4.13. The van der Waals surface area contributed by atoms with Crippen LogP contribution in [0, 0.1) is 5.92 Å². The molecule has 2 unspecified atom stereocenters. The third-order valence-corrected chi connectivity index (χ3v) is 4.00. The monoisotopic (exact) mass is 226 g/mol. The van der Waals surface area contributed by atoms with Gasteiger partial charge in [0.15, 0.2) is 0 Å². The van der Waals surface area contributed by atoms with E-state index in [0.717, 1.165) is 0 Å². The van der Waals surface area contributed by atoms with Crippen LogP contribution in [-0.2, 0) is 6.42 Å². The Labute approximate surface area is 96.9 Å². The summed E-state index contributed by atoms with van der Waals surface area (Å²) in [7, 11) is 0. The van der Waals surface area contributed by atoms with Crippen LogP contribution < -0.4 is 11.3 Å². The van der Waals surface area contributed by atoms with Crippen molar-refractivity contribution < 1.29 is 0 Å². The van der Waals surface area contributed by atoms with Crippen LogP contribution in [0.25, 0.3) is 0 Å². The lowest BCUT2D eigenvalue weighted by atomic mass is 9.95. The number of thiophene rings is 1. The zero-order valence-corrected chi connectivity index (χ0v) is 10.5. The van der Waals surface area contributed by atoms with E-state index in [4.69, 9.17) is 5.84 Å². The molecule has 2 nitrogen and oxygen atoms in total. The topological polar surface area (TPSA) is 38.0 Å². The molecule has 0 aliphatic rings. The predicted molar refractivity (Wildman–Crippen MR) is 67.8 cm³/mol. The quantitative estimate of drug-likeness (QED) is 0.554. The van der Waals surface area contributed by atoms with E-state index >= 15 is 0 Å². The first-order valence-corrected chi connectivity index (χ1v) is 6.64. The zero-order valence-electron chi connectivity index (χ0n) is 9.70. The Morgan fingerprint density at radius 2 is 2.33 bits per heavy atom. The molecule has 2 atom stereocenters. The van der Waals surface area contributed by atoms with Crippen molar-refractivity contribution in [2.45, 2.75) is 45.6 Å². The summed E-state index contributed by atoms with van der Waals surface area (Å²) in [5.74, 6) is 6.23. The minimum Gasteiger partial charge on any atom is -0.271 e. The highest BCUT2D eigenvalue weighted by Crippen LogP contribution is 2.16. The number of rotatable bonds is 7. The van der Waals surface area contributed by atoms with Crippen molar-refractivity contribution in [3.63, 3.8) is 0 Å². The number of hydrogen-bond acceptors (Lipinski definition) is 3. The van der Waals surface area contributed by atoms with Crippen molar-refractivity contribution in [2.24, 2.45) is 11.8 Å². The summed E-state index contributed by atoms with van der Waals surface area (Å²) in [5.41, 5.74) is 2.94. The summed E-state index contributed by atoms with van der Waals surface area (Å²) in [5, 5.41) is 2.14. The number of hydrogen-bond donors (Lipinski definition) is 2. The van der Waals surface area contributed by atoms with Gasteiger partial charge in [-0.2, -0.15) is 0 Å². The molecule has 0 radical (unpaired) electrons. The normalized spacial score (nSPS) is 15.1. The van der Waals surface area contributed by atoms with Crippen LogP contribution in [0.2, 0.25) is 0 Å². The molecule has 1 rings (SSSR count). The van der Waals surface area contributed by atoms with Crippen LogP contribution in [0.3, 0.4) is 0 Å². The lowest BCUT2D eigenvalue weighted by Gasteiger charge is -2.21. The molecule has 0 bridgehead atoms. The van der Waals surface area contributed by atoms with E-state index in [0.29, 0.717) is 12.0 Å². The molecule has 0 aliphatic carbocycles. The van der Waals surface area contributed by atoms with Gasteiger partial charge in [0.25, 0.3) is 0 Å². The fourth-order valence-electron chi connectivity index (χ4n) is 1.77. The van der Waals surface area contributed by atoms with Crippen molar-refractivity contribution in [3.05, 3.63) is 22.4 Å². The van der Waals surface area contributed by atoms with E-state index in [1.54, 1.807) is 0 Å². The molecule has 0 saturated carbocycles. The largest absolute Gasteiger partial charge is 0.271 e. The van der Waals surface area contributed by atoms with Gasteiger partial charge in [0, 0.05) is 10.9 Å². The molecule has 1 aromatic rings. The van der Waals surface area contributed by atoms with Gasteiger partial charge >= 0.3 is 0 Å². The molecular weight excluding hydrogens is 204 g/mol. The van der Waals surface area contributed by atoms with Gasteiger partial charge in [-0.05, 0) is 36.6 Å². The zero-order chi connectivity index (χ0) is 11.1. The van der Waals surface area contributed by atoms with Gasteiger partial charge in [0.05, 0.1) is 0 Å². The Kier molecular flexibility index (Phi) is 5.91. The van der Waals surface area contributed by atoms with Crippen molar-refractivity contribution in [1.29, 1.82) is 0 Å². The second kappa shape index (κ2) is 6.99. The highest BCUT2D eigenvalue weighted by Gasteiger charge is 2.13. The first-order chi connectivity index (χ1) is 7.27. The Morgan fingerprint density at radius 3 is 2.87 bits per heavy atom. The van der Waals surface area contributed by atoms with Crippen LogP contribution in [0.15, 0.2) is 17.5 Å². The van der Waals surface area contributed by atoms with Gasteiger partial charge < -0.3 is 0 Å². The average molecular weight is 226 g/mol. The number of hydrazine groups is 1. The molecule has 15 heavy (non-hydrogen) atoms. The minimum absolute atomic E-state index is 0.468. The summed E-state index contributed by atoms with van der Waals surface area (Å²) < 4.78 is 0. The first kappa shape index (κ1) is 12.7. The molecule has 0 amide bonds. The summed E-state index contributed by atoms with van der Waals surface area (Å²) in [6, 6.07) is 4.79. The van der Waals surface area contributed by atoms with E-state index in [1.807, 2.05) is 11.3 Å². The molecule has 0 saturated heterocycles. The molecule has 0 fully saturated rings. The Morgan fingerprint density at radius 1 is 1.53 bits per heavy atom. The highest BCUT2D eigenvalue weighted by molar-refractivity contribution is 7.09. The molecule has 1 aromatic heterocycles. The second-order valence-corrected chi connectivity index (χ2v) is 5.16. The van der Waals surface area contributed by atoms with Gasteiger partial charge in [0.1, 0.15) is 0 Å². The van der Waals surface area contributed by atoms with E-state index < -0.39 is 0 Å². The summed E-state index contributed by atoms with van der Waals surface area (Å²) in [6.07, 6.45) is 4.77. The Balaban J connectivity index is 2.23. The van der Waals surface area contributed by atoms with Gasteiger partial charge in [-0.15, -0.1) is 11.3 Å². The predicted octanol–water partition coefficient (Wildman–Crippen LogP) is 2.95. The van der Waals surface area contributed by atoms with Crippen LogP contribution >= 0.6 is 11.3 Å². The SMILES string of the molecule is CCC(C)C(CCCc1cccs1)NN. The van der Waals surface area contributed by atoms with Crippen LogP contribution in [-0.4, -0.2) is 6.04 Å². The van der Waals surface area contributed by atoms with Gasteiger partial charge in [-0.3, -0.25) is 11.3 Å². The molecular formula is C12H22N2S. The smallest absolute Gasteiger partial charge is 0.0236 e. The minimum atomic E-state index is 0.468. The Hall–Kier alpha value is -0.380. The van der Waals surface area contributed by atoms with Crippen molar-refractivity contribution in [3.8, 4) is 0 Å². The number of nitrogens with one attached hydrogen (secondary N) is 1. The molecule has 0 spiro atoms. The average Bonchev–Trinajstić information content (AvgIpc) is 2.76. The maximum absolute atomic E-state index is 5.56. The molecule has 3 N–H and O–H groups in total. The van der Waals surface area contributed by atoms with Crippen molar-refractivity contribution in [1.82, 2.24) is 5.43 Å². The van der Waals surface area contributed by atoms with E-state index in [9.17, 15) is 0 Å². The van der Waals surface area contributed by atoms with Gasteiger partial charge in [0.2, 0.25) is 0 Å². The van der Waals surface area contributed by atoms with E-state index in [2.05, 4.69) is 36.8 Å². The lowest BCUT2D eigenvalue weighted by Crippen LogP contribution is -2.39. The van der Waals surface area contributed by atoms with E-state index in [-0.39, 0.29) is 0 Å². The number of aryl methyl sites for hydroxylation is 1. The third kappa shape index (κ3) is 4.33. The third-order valence-electron chi connectivity index (χ3n) is 3.06. The number of nitrogens with two attached hydrogens (primary N) is 1. The Bertz CT molecular complexity index is 246. The maximum atomic E-state index is 5.56. The van der Waals surface area contributed by atoms with Crippen molar-refractivity contribution >= 4 is 11.3 Å². The molecule has 0 aromatic carbocycles. The molecule has 0 aliphatic heterocycles. The summed E-state index contributed by atoms with van der Waals surface area (Å²) >= 11 is 1.84. The summed E-state index contributed by atoms with van der Waals surface area (Å²) in [4.78, 5) is 1.48. The molecule has 1 heterocycles. The lowest BCUT2D eigenvalue weighted by molar-refractivity contribution is 0.346. The highest BCUT2D eigenvalue weighted by atomic mass is 32.1. The van der Waals surface area contributed by atoms with E-state index in [1.165, 1.54) is 30.6 Å². The standard InChI is InChI=1S/C12H22N2S/c1-3-10(2)12(14-13)8-4-6-11-7-5-9-15-11/h5,7,9-10,12,14H,3-4,6,8,13H2,1-2H3. The fourth-order valence-corrected chi connectivity index (χ4v) is 2.52. The van der Waals surface area contributed by atoms with Crippen LogP contribution in [0.1, 0.15) is 38.0 Å². The molecule has 3 heteroatoms. The van der Waals surface area contributed by atoms with Crippen molar-refractivity contribution in [2.75, 3.05) is 0 Å². The first-order valence-electron chi connectivity index (χ1n) is 5.76. The van der Waals surface area contributed by atoms with Gasteiger partial charge in [-0.25, -0.2) is 0 Å². The fraction of sp³-hybridized carbons (Fsp3) is 0.667.